The summed E-state index contributed by atoms with van der Waals surface area (Å²) >= 11 is 0. The van der Waals surface area contributed by atoms with Gasteiger partial charge >= 0.3 is 5.97 Å². The van der Waals surface area contributed by atoms with Crippen LogP contribution in [0.3, 0.4) is 0 Å². The molecule has 0 saturated carbocycles. The normalized spacial score (nSPS) is 15.0. The molecule has 24 heavy (non-hydrogen) atoms. The van der Waals surface area contributed by atoms with Crippen molar-refractivity contribution in [3.63, 3.8) is 0 Å². The van der Waals surface area contributed by atoms with E-state index in [0.29, 0.717) is 6.16 Å². The van der Waals surface area contributed by atoms with Crippen LogP contribution in [0.1, 0.15) is 59.8 Å². The van der Waals surface area contributed by atoms with Gasteiger partial charge in [-0.3, -0.25) is 9.36 Å². The Morgan fingerprint density at radius 3 is 2.00 bits per heavy atom. The molecular formula is C19H33O4P. The largest absolute Gasteiger partial charge is 0.481 e. The molecule has 0 rings (SSSR count). The highest BCUT2D eigenvalue weighted by molar-refractivity contribution is 7.59. The molecule has 0 amide bonds. The summed E-state index contributed by atoms with van der Waals surface area (Å²) in [6.45, 7) is 8.40. The molecular weight excluding hydrogens is 323 g/mol. The van der Waals surface area contributed by atoms with Crippen molar-refractivity contribution in [2.24, 2.45) is 0 Å². The predicted molar refractivity (Wildman–Crippen MR) is 102 cm³/mol. The summed E-state index contributed by atoms with van der Waals surface area (Å²) in [5.41, 5.74) is 3.91. The molecule has 0 aliphatic carbocycles. The standard InChI is InChI=1S/C19H33O4P/c1-16(2)8-6-9-17(3)10-7-11-18(4)12-14-24(22,23-5)15-13-19(20)21/h8,10,12H,6-7,9,11,13-15H2,1-5H3,(H,20,21)/b17-10+,18-12+. The summed E-state index contributed by atoms with van der Waals surface area (Å²) in [6.07, 6.45) is 10.8. The van der Waals surface area contributed by atoms with Gasteiger partial charge in [0.2, 0.25) is 7.37 Å². The number of carboxylic acid groups (broad SMARTS) is 1. The summed E-state index contributed by atoms with van der Waals surface area (Å²) in [4.78, 5) is 10.6. The molecule has 0 fully saturated rings. The number of hydrogen-bond donors (Lipinski definition) is 1. The summed E-state index contributed by atoms with van der Waals surface area (Å²) in [5.74, 6) is -0.943. The van der Waals surface area contributed by atoms with Gasteiger partial charge in [0, 0.05) is 19.4 Å². The number of rotatable bonds is 12. The summed E-state index contributed by atoms with van der Waals surface area (Å²) in [6, 6.07) is 0. The van der Waals surface area contributed by atoms with Crippen LogP contribution in [-0.4, -0.2) is 30.5 Å². The molecule has 0 spiro atoms. The molecule has 0 aromatic carbocycles. The van der Waals surface area contributed by atoms with Crippen molar-refractivity contribution >= 4 is 13.3 Å². The van der Waals surface area contributed by atoms with Gasteiger partial charge in [0.05, 0.1) is 6.42 Å². The molecule has 0 aliphatic heterocycles. The third kappa shape index (κ3) is 12.3. The van der Waals surface area contributed by atoms with Gasteiger partial charge in [0.15, 0.2) is 0 Å². The van der Waals surface area contributed by atoms with Gasteiger partial charge in [-0.25, -0.2) is 0 Å². The summed E-state index contributed by atoms with van der Waals surface area (Å²) in [5, 5.41) is 8.71. The van der Waals surface area contributed by atoms with Crippen LogP contribution in [0.15, 0.2) is 34.9 Å². The van der Waals surface area contributed by atoms with Crippen LogP contribution in [0.5, 0.6) is 0 Å². The third-order valence-electron chi connectivity index (χ3n) is 3.84. The van der Waals surface area contributed by atoms with E-state index in [2.05, 4.69) is 32.9 Å². The van der Waals surface area contributed by atoms with E-state index in [9.17, 15) is 9.36 Å². The SMILES string of the molecule is COP(=O)(C/C=C(\C)CC/C=C(\C)CCC=C(C)C)CCC(=O)O. The zero-order valence-corrected chi connectivity index (χ0v) is 16.7. The molecule has 0 saturated heterocycles. The van der Waals surface area contributed by atoms with Crippen LogP contribution in [0.2, 0.25) is 0 Å². The fourth-order valence-corrected chi connectivity index (χ4v) is 3.79. The zero-order valence-electron chi connectivity index (χ0n) is 15.8. The molecule has 1 atom stereocenters. The molecule has 1 unspecified atom stereocenters. The van der Waals surface area contributed by atoms with Crippen molar-refractivity contribution < 1.29 is 19.0 Å². The lowest BCUT2D eigenvalue weighted by atomic mass is 10.1. The topological polar surface area (TPSA) is 63.6 Å². The maximum atomic E-state index is 12.4. The van der Waals surface area contributed by atoms with Crippen LogP contribution in [0, 0.1) is 0 Å². The molecule has 0 radical (unpaired) electrons. The minimum absolute atomic E-state index is 0.0893. The molecule has 5 heteroatoms. The lowest BCUT2D eigenvalue weighted by Crippen LogP contribution is -2.03. The number of hydrogen-bond acceptors (Lipinski definition) is 3. The second-order valence-electron chi connectivity index (χ2n) is 6.51. The Hall–Kier alpha value is -1.12. The number of allylic oxidation sites excluding steroid dienone is 6. The van der Waals surface area contributed by atoms with Gasteiger partial charge < -0.3 is 9.63 Å². The van der Waals surface area contributed by atoms with Crippen molar-refractivity contribution in [2.75, 3.05) is 19.4 Å². The average Bonchev–Trinajstić information content (AvgIpc) is 2.50. The second-order valence-corrected chi connectivity index (χ2v) is 9.31. The molecule has 0 aliphatic rings. The van der Waals surface area contributed by atoms with E-state index in [-0.39, 0.29) is 12.6 Å². The van der Waals surface area contributed by atoms with Crippen LogP contribution in [0.25, 0.3) is 0 Å². The highest BCUT2D eigenvalue weighted by Crippen LogP contribution is 2.46. The van der Waals surface area contributed by atoms with E-state index in [1.165, 1.54) is 18.3 Å². The predicted octanol–water partition coefficient (Wildman–Crippen LogP) is 5.80. The molecule has 0 heterocycles. The quantitative estimate of drug-likeness (QED) is 0.354. The van der Waals surface area contributed by atoms with Crippen molar-refractivity contribution in [1.29, 1.82) is 0 Å². The Morgan fingerprint density at radius 2 is 1.50 bits per heavy atom. The highest BCUT2D eigenvalue weighted by atomic mass is 31.2. The van der Waals surface area contributed by atoms with Crippen molar-refractivity contribution in [3.05, 3.63) is 34.9 Å². The van der Waals surface area contributed by atoms with Gasteiger partial charge in [-0.15, -0.1) is 0 Å². The minimum atomic E-state index is -2.86. The van der Waals surface area contributed by atoms with Crippen molar-refractivity contribution in [2.45, 2.75) is 59.8 Å². The smallest absolute Gasteiger partial charge is 0.303 e. The van der Waals surface area contributed by atoms with Gasteiger partial charge in [-0.1, -0.05) is 34.9 Å². The minimum Gasteiger partial charge on any atom is -0.481 e. The highest BCUT2D eigenvalue weighted by Gasteiger charge is 2.21. The zero-order chi connectivity index (χ0) is 18.6. The third-order valence-corrected chi connectivity index (χ3v) is 6.15. The average molecular weight is 356 g/mol. The first-order valence-corrected chi connectivity index (χ1v) is 10.5. The van der Waals surface area contributed by atoms with Gasteiger partial charge in [0.25, 0.3) is 0 Å². The summed E-state index contributed by atoms with van der Waals surface area (Å²) < 4.78 is 17.5. The van der Waals surface area contributed by atoms with Crippen molar-refractivity contribution in [1.82, 2.24) is 0 Å². The molecule has 0 aromatic heterocycles. The first-order chi connectivity index (χ1) is 11.2. The fourth-order valence-electron chi connectivity index (χ4n) is 2.16. The lowest BCUT2D eigenvalue weighted by molar-refractivity contribution is -0.136. The van der Waals surface area contributed by atoms with Gasteiger partial charge in [0.1, 0.15) is 0 Å². The first kappa shape index (κ1) is 22.9. The maximum absolute atomic E-state index is 12.4. The number of carboxylic acids is 1. The summed E-state index contributed by atoms with van der Waals surface area (Å²) in [7, 11) is -1.47. The van der Waals surface area contributed by atoms with E-state index in [1.807, 2.05) is 13.0 Å². The monoisotopic (exact) mass is 356 g/mol. The Labute approximate surface area is 147 Å². The molecule has 1 N–H and O–H groups in total. The van der Waals surface area contributed by atoms with E-state index >= 15 is 0 Å². The Morgan fingerprint density at radius 1 is 0.958 bits per heavy atom. The second kappa shape index (κ2) is 12.3. The Kier molecular flexibility index (Phi) is 11.7. The Bertz CT molecular complexity index is 525. The molecule has 4 nitrogen and oxygen atoms in total. The van der Waals surface area contributed by atoms with Crippen LogP contribution in [0.4, 0.5) is 0 Å². The number of carbonyl (C=O) groups is 1. The van der Waals surface area contributed by atoms with E-state index < -0.39 is 13.3 Å². The maximum Gasteiger partial charge on any atom is 0.303 e. The first-order valence-electron chi connectivity index (χ1n) is 8.49. The number of aliphatic carboxylic acids is 1. The van der Waals surface area contributed by atoms with E-state index in [1.54, 1.807) is 0 Å². The Balaban J connectivity index is 4.32. The van der Waals surface area contributed by atoms with Gasteiger partial charge in [-0.2, -0.15) is 0 Å². The lowest BCUT2D eigenvalue weighted by Gasteiger charge is -2.13. The van der Waals surface area contributed by atoms with E-state index in [0.717, 1.165) is 31.3 Å². The van der Waals surface area contributed by atoms with Crippen LogP contribution in [-0.2, 0) is 13.9 Å². The molecule has 0 bridgehead atoms. The molecule has 0 aromatic rings. The van der Waals surface area contributed by atoms with Crippen LogP contribution >= 0.6 is 7.37 Å². The molecule has 138 valence electrons. The van der Waals surface area contributed by atoms with E-state index in [4.69, 9.17) is 9.63 Å². The van der Waals surface area contributed by atoms with Crippen LogP contribution < -0.4 is 0 Å². The fraction of sp³-hybridized carbons (Fsp3) is 0.632. The van der Waals surface area contributed by atoms with Gasteiger partial charge in [-0.05, 0) is 53.4 Å². The van der Waals surface area contributed by atoms with Crippen molar-refractivity contribution in [3.8, 4) is 0 Å².